The van der Waals surface area contributed by atoms with Crippen LogP contribution in [-0.4, -0.2) is 5.78 Å². The van der Waals surface area contributed by atoms with Gasteiger partial charge in [-0.2, -0.15) is 0 Å². The molecule has 0 saturated heterocycles. The molecule has 1 fully saturated rings. The van der Waals surface area contributed by atoms with E-state index in [-0.39, 0.29) is 0 Å². The van der Waals surface area contributed by atoms with Gasteiger partial charge in [-0.25, -0.2) is 0 Å². The Labute approximate surface area is 85.1 Å². The van der Waals surface area contributed by atoms with E-state index in [1.165, 1.54) is 12.0 Å². The lowest BCUT2D eigenvalue weighted by molar-refractivity contribution is 0.0854. The molecular weight excluding hydrogens is 172 g/mol. The van der Waals surface area contributed by atoms with Crippen LogP contribution >= 0.6 is 0 Å². The van der Waals surface area contributed by atoms with E-state index in [1.807, 2.05) is 19.1 Å². The fourth-order valence-corrected chi connectivity index (χ4v) is 1.98. The van der Waals surface area contributed by atoms with Crippen LogP contribution in [0.15, 0.2) is 18.2 Å². The molecule has 1 aliphatic rings. The predicted molar refractivity (Wildman–Crippen MR) is 57.6 cm³/mol. The molecule has 1 heteroatoms. The van der Waals surface area contributed by atoms with Crippen LogP contribution in [0.25, 0.3) is 0 Å². The Hall–Kier alpha value is -1.11. The molecule has 1 saturated carbocycles. The van der Waals surface area contributed by atoms with Crippen LogP contribution < -0.4 is 0 Å². The maximum Gasteiger partial charge on any atom is 0.166 e. The molecule has 0 spiro atoms. The van der Waals surface area contributed by atoms with Gasteiger partial charge in [-0.05, 0) is 32.3 Å². The Kier molecular flexibility index (Phi) is 2.40. The lowest BCUT2D eigenvalue weighted by atomic mass is 9.79. The third kappa shape index (κ3) is 1.59. The Morgan fingerprint density at radius 1 is 1.29 bits per heavy atom. The molecule has 1 aromatic rings. The molecule has 14 heavy (non-hydrogen) atoms. The summed E-state index contributed by atoms with van der Waals surface area (Å²) in [5.74, 6) is 0.671. The second-order valence-corrected chi connectivity index (χ2v) is 4.31. The minimum absolute atomic E-state index is 0.316. The first-order valence-corrected chi connectivity index (χ1v) is 5.30. The maximum atomic E-state index is 12.0. The van der Waals surface area contributed by atoms with Crippen molar-refractivity contribution in [1.29, 1.82) is 0 Å². The SMILES string of the molecule is Cc1ccc(C(=O)C2CCC2)c(C)c1. The molecule has 0 unspecified atom stereocenters. The van der Waals surface area contributed by atoms with Crippen LogP contribution in [0.3, 0.4) is 0 Å². The second kappa shape index (κ2) is 3.56. The van der Waals surface area contributed by atoms with Crippen molar-refractivity contribution >= 4 is 5.78 Å². The van der Waals surface area contributed by atoms with Crippen molar-refractivity contribution in [3.05, 3.63) is 34.9 Å². The topological polar surface area (TPSA) is 17.1 Å². The van der Waals surface area contributed by atoms with Crippen molar-refractivity contribution in [2.24, 2.45) is 5.92 Å². The molecule has 0 heterocycles. The maximum absolute atomic E-state index is 12.0. The summed E-state index contributed by atoms with van der Waals surface area (Å²) in [7, 11) is 0. The molecule has 74 valence electrons. The van der Waals surface area contributed by atoms with Crippen LogP contribution in [0.1, 0.15) is 40.7 Å². The van der Waals surface area contributed by atoms with Crippen molar-refractivity contribution in [2.75, 3.05) is 0 Å². The summed E-state index contributed by atoms with van der Waals surface area (Å²) in [5, 5.41) is 0. The van der Waals surface area contributed by atoms with Crippen LogP contribution in [0, 0.1) is 19.8 Å². The summed E-state index contributed by atoms with van der Waals surface area (Å²) in [4.78, 5) is 12.0. The van der Waals surface area contributed by atoms with Gasteiger partial charge in [0.15, 0.2) is 5.78 Å². The first kappa shape index (κ1) is 9.45. The van der Waals surface area contributed by atoms with Gasteiger partial charge in [-0.1, -0.05) is 30.2 Å². The summed E-state index contributed by atoms with van der Waals surface area (Å²) in [5.41, 5.74) is 3.29. The van der Waals surface area contributed by atoms with E-state index in [9.17, 15) is 4.79 Å². The van der Waals surface area contributed by atoms with Crippen molar-refractivity contribution < 1.29 is 4.79 Å². The van der Waals surface area contributed by atoms with Crippen molar-refractivity contribution in [2.45, 2.75) is 33.1 Å². The molecule has 1 aromatic carbocycles. The summed E-state index contributed by atoms with van der Waals surface area (Å²) >= 11 is 0. The lowest BCUT2D eigenvalue weighted by Gasteiger charge is -2.24. The zero-order valence-corrected chi connectivity index (χ0v) is 8.84. The number of rotatable bonds is 2. The Morgan fingerprint density at radius 2 is 2.00 bits per heavy atom. The molecular formula is C13H16O. The largest absolute Gasteiger partial charge is 0.294 e. The highest BCUT2D eigenvalue weighted by Gasteiger charge is 2.26. The van der Waals surface area contributed by atoms with Gasteiger partial charge in [-0.15, -0.1) is 0 Å². The molecule has 0 N–H and O–H groups in total. The van der Waals surface area contributed by atoms with E-state index < -0.39 is 0 Å². The van der Waals surface area contributed by atoms with Crippen molar-refractivity contribution in [3.63, 3.8) is 0 Å². The van der Waals surface area contributed by atoms with E-state index in [4.69, 9.17) is 0 Å². The smallest absolute Gasteiger partial charge is 0.166 e. The van der Waals surface area contributed by atoms with Gasteiger partial charge in [-0.3, -0.25) is 4.79 Å². The molecule has 0 amide bonds. The van der Waals surface area contributed by atoms with Gasteiger partial charge in [0.2, 0.25) is 0 Å². The van der Waals surface area contributed by atoms with Crippen LogP contribution in [-0.2, 0) is 0 Å². The molecule has 0 aromatic heterocycles. The quantitative estimate of drug-likeness (QED) is 0.651. The zero-order valence-electron chi connectivity index (χ0n) is 8.84. The zero-order chi connectivity index (χ0) is 10.1. The number of hydrogen-bond acceptors (Lipinski definition) is 1. The van der Waals surface area contributed by atoms with E-state index >= 15 is 0 Å². The van der Waals surface area contributed by atoms with Gasteiger partial charge < -0.3 is 0 Å². The molecule has 0 bridgehead atoms. The normalized spacial score (nSPS) is 16.4. The Balaban J connectivity index is 2.26. The highest BCUT2D eigenvalue weighted by Crippen LogP contribution is 2.30. The fraction of sp³-hybridized carbons (Fsp3) is 0.462. The Morgan fingerprint density at radius 3 is 2.50 bits per heavy atom. The van der Waals surface area contributed by atoms with Gasteiger partial charge in [0, 0.05) is 11.5 Å². The number of carbonyl (C=O) groups is 1. The number of ketones is 1. The van der Waals surface area contributed by atoms with Crippen molar-refractivity contribution in [3.8, 4) is 0 Å². The minimum atomic E-state index is 0.316. The van der Waals surface area contributed by atoms with Gasteiger partial charge in [0.05, 0.1) is 0 Å². The number of Topliss-reactive ketones (excluding diaryl/α,β-unsaturated/α-hetero) is 1. The molecule has 2 rings (SSSR count). The standard InChI is InChI=1S/C13H16O/c1-9-6-7-12(10(2)8-9)13(14)11-4-3-5-11/h6-8,11H,3-5H2,1-2H3. The molecule has 0 aliphatic heterocycles. The summed E-state index contributed by atoms with van der Waals surface area (Å²) in [6, 6.07) is 6.09. The number of benzene rings is 1. The molecule has 1 aliphatic carbocycles. The predicted octanol–water partition coefficient (Wildman–Crippen LogP) is 3.29. The second-order valence-electron chi connectivity index (χ2n) is 4.31. The number of aryl methyl sites for hydroxylation is 2. The van der Waals surface area contributed by atoms with E-state index in [1.54, 1.807) is 0 Å². The van der Waals surface area contributed by atoms with E-state index in [0.29, 0.717) is 11.7 Å². The van der Waals surface area contributed by atoms with E-state index in [2.05, 4.69) is 13.0 Å². The molecule has 0 radical (unpaired) electrons. The monoisotopic (exact) mass is 188 g/mol. The highest BCUT2D eigenvalue weighted by atomic mass is 16.1. The molecule has 1 nitrogen and oxygen atoms in total. The third-order valence-corrected chi connectivity index (χ3v) is 3.12. The third-order valence-electron chi connectivity index (χ3n) is 3.12. The fourth-order valence-electron chi connectivity index (χ4n) is 1.98. The average Bonchev–Trinajstić information content (AvgIpc) is 2.00. The van der Waals surface area contributed by atoms with Gasteiger partial charge in [0.25, 0.3) is 0 Å². The summed E-state index contributed by atoms with van der Waals surface area (Å²) in [6.07, 6.45) is 3.40. The number of hydrogen-bond donors (Lipinski definition) is 0. The van der Waals surface area contributed by atoms with E-state index in [0.717, 1.165) is 24.0 Å². The van der Waals surface area contributed by atoms with Crippen LogP contribution in [0.2, 0.25) is 0 Å². The minimum Gasteiger partial charge on any atom is -0.294 e. The van der Waals surface area contributed by atoms with Gasteiger partial charge >= 0.3 is 0 Å². The number of carbonyl (C=O) groups excluding carboxylic acids is 1. The molecule has 0 atom stereocenters. The van der Waals surface area contributed by atoms with Crippen LogP contribution in [0.5, 0.6) is 0 Å². The first-order chi connectivity index (χ1) is 6.68. The van der Waals surface area contributed by atoms with Crippen LogP contribution in [0.4, 0.5) is 0 Å². The first-order valence-electron chi connectivity index (χ1n) is 5.30. The highest BCUT2D eigenvalue weighted by molar-refractivity contribution is 5.99. The van der Waals surface area contributed by atoms with Crippen molar-refractivity contribution in [1.82, 2.24) is 0 Å². The summed E-state index contributed by atoms with van der Waals surface area (Å²) < 4.78 is 0. The lowest BCUT2D eigenvalue weighted by Crippen LogP contribution is -2.22. The average molecular weight is 188 g/mol. The summed E-state index contributed by atoms with van der Waals surface area (Å²) in [6.45, 7) is 4.09. The Bertz CT molecular complexity index is 361. The van der Waals surface area contributed by atoms with Gasteiger partial charge in [0.1, 0.15) is 0 Å².